The Morgan fingerprint density at radius 2 is 1.03 bits per heavy atom. The van der Waals surface area contributed by atoms with Gasteiger partial charge in [-0.05, 0) is 0 Å². The van der Waals surface area contributed by atoms with Crippen molar-refractivity contribution < 1.29 is 30.2 Å². The number of rotatable bonds is 7. The first kappa shape index (κ1) is 24.8. The molecule has 0 atom stereocenters. The number of hydrogen-bond acceptors (Lipinski definition) is 3. The van der Waals surface area contributed by atoms with Crippen molar-refractivity contribution in [3.63, 3.8) is 0 Å². The topological polar surface area (TPSA) is 35.5 Å². The van der Waals surface area contributed by atoms with Crippen molar-refractivity contribution in [3.8, 4) is 5.75 Å². The van der Waals surface area contributed by atoms with Gasteiger partial charge in [0.05, 0.1) is 0 Å². The molecule has 0 saturated carbocycles. The fraction of sp³-hybridized carbons (Fsp3) is 0.0741. The first-order valence-corrected chi connectivity index (χ1v) is 16.2. The molecule has 0 radical (unpaired) electrons. The summed E-state index contributed by atoms with van der Waals surface area (Å²) in [6, 6.07) is 26.6. The molecular formula is C27H20F4O3Sn. The number of benzene rings is 4. The third-order valence-electron chi connectivity index (χ3n) is 5.50. The molecule has 4 rings (SSSR count). The SMILES string of the molecule is CCOc1c(F)c(F)c(C(=O)[O][Sn]([c]2ccccc2)([c]2ccccc2)[c]2ccccc2)c(F)c1F. The first-order valence-electron chi connectivity index (χ1n) is 10.8. The maximum absolute atomic E-state index is 14.9. The van der Waals surface area contributed by atoms with E-state index in [0.29, 0.717) is 10.7 Å². The van der Waals surface area contributed by atoms with Crippen molar-refractivity contribution in [2.24, 2.45) is 0 Å². The Morgan fingerprint density at radius 3 is 1.37 bits per heavy atom. The molecule has 0 aliphatic carbocycles. The molecule has 0 fully saturated rings. The van der Waals surface area contributed by atoms with E-state index >= 15 is 0 Å². The summed E-state index contributed by atoms with van der Waals surface area (Å²) >= 11 is -4.79. The Morgan fingerprint density at radius 1 is 0.657 bits per heavy atom. The molecule has 0 aromatic heterocycles. The summed E-state index contributed by atoms with van der Waals surface area (Å²) in [6.45, 7) is 1.17. The van der Waals surface area contributed by atoms with Crippen molar-refractivity contribution in [2.45, 2.75) is 6.92 Å². The van der Waals surface area contributed by atoms with Crippen molar-refractivity contribution in [2.75, 3.05) is 6.61 Å². The number of carbonyl (C=O) groups excluding carboxylic acids is 1. The van der Waals surface area contributed by atoms with Crippen LogP contribution in [0, 0.1) is 23.3 Å². The van der Waals surface area contributed by atoms with E-state index in [2.05, 4.69) is 0 Å². The van der Waals surface area contributed by atoms with Crippen LogP contribution in [0.25, 0.3) is 0 Å². The van der Waals surface area contributed by atoms with Crippen LogP contribution in [0.15, 0.2) is 91.0 Å². The Kier molecular flexibility index (Phi) is 7.45. The van der Waals surface area contributed by atoms with Gasteiger partial charge in [-0.15, -0.1) is 0 Å². The predicted molar refractivity (Wildman–Crippen MR) is 127 cm³/mol. The van der Waals surface area contributed by atoms with Gasteiger partial charge >= 0.3 is 205 Å². The minimum absolute atomic E-state index is 0.230. The van der Waals surface area contributed by atoms with Gasteiger partial charge in [0.1, 0.15) is 0 Å². The second kappa shape index (κ2) is 10.5. The van der Waals surface area contributed by atoms with Crippen LogP contribution >= 0.6 is 0 Å². The Hall–Kier alpha value is -3.33. The van der Waals surface area contributed by atoms with Gasteiger partial charge in [-0.3, -0.25) is 0 Å². The monoisotopic (exact) mass is 588 g/mol. The summed E-state index contributed by atoms with van der Waals surface area (Å²) in [7, 11) is 0. The van der Waals surface area contributed by atoms with Gasteiger partial charge in [0, 0.05) is 0 Å². The zero-order valence-corrected chi connectivity index (χ0v) is 21.5. The molecule has 0 bridgehead atoms. The molecule has 3 nitrogen and oxygen atoms in total. The molecule has 0 aliphatic rings. The molecule has 0 amide bonds. The van der Waals surface area contributed by atoms with Crippen LogP contribution in [0.3, 0.4) is 0 Å². The quantitative estimate of drug-likeness (QED) is 0.182. The summed E-state index contributed by atoms with van der Waals surface area (Å²) in [4.78, 5) is 13.4. The fourth-order valence-corrected chi connectivity index (χ4v) is 14.6. The van der Waals surface area contributed by atoms with Gasteiger partial charge in [-0.1, -0.05) is 0 Å². The van der Waals surface area contributed by atoms with Crippen LogP contribution in [0.4, 0.5) is 17.6 Å². The molecule has 0 aliphatic heterocycles. The molecule has 0 saturated heterocycles. The number of hydrogen-bond donors (Lipinski definition) is 0. The summed E-state index contributed by atoms with van der Waals surface area (Å²) in [5.41, 5.74) is -1.44. The van der Waals surface area contributed by atoms with Crippen LogP contribution in [0.5, 0.6) is 5.75 Å². The third-order valence-corrected chi connectivity index (χ3v) is 16.7. The van der Waals surface area contributed by atoms with Crippen LogP contribution in [-0.4, -0.2) is 31.4 Å². The minimum atomic E-state index is -4.79. The van der Waals surface area contributed by atoms with E-state index in [4.69, 9.17) is 7.81 Å². The van der Waals surface area contributed by atoms with Crippen molar-refractivity contribution in [1.82, 2.24) is 0 Å². The van der Waals surface area contributed by atoms with E-state index in [1.807, 2.05) is 0 Å². The van der Waals surface area contributed by atoms with Crippen LogP contribution in [0.2, 0.25) is 0 Å². The molecule has 0 spiro atoms. The molecule has 0 unspecified atom stereocenters. The van der Waals surface area contributed by atoms with E-state index in [-0.39, 0.29) is 6.61 Å². The molecule has 178 valence electrons. The molecule has 0 heterocycles. The van der Waals surface area contributed by atoms with Gasteiger partial charge in [0.2, 0.25) is 0 Å². The van der Waals surface area contributed by atoms with E-state index in [1.54, 1.807) is 91.0 Å². The van der Waals surface area contributed by atoms with E-state index in [0.717, 1.165) is 0 Å². The fourth-order valence-electron chi connectivity index (χ4n) is 3.95. The molecule has 4 aromatic rings. The second-order valence-electron chi connectivity index (χ2n) is 7.56. The van der Waals surface area contributed by atoms with E-state index in [9.17, 15) is 22.4 Å². The standard InChI is InChI=1S/C9H6F4O3.3C6H5.Sn/c1-2-16-8-6(12)4(10)3(9(14)15)5(11)7(8)13;3*1-2-4-6-5-3-1;/h2H2,1H3,(H,14,15);3*1-5H;/q;;;;+1/p-1. The Bertz CT molecular complexity index is 1210. The zero-order chi connectivity index (χ0) is 25.0. The number of carbonyl (C=O) groups is 1. The van der Waals surface area contributed by atoms with Crippen molar-refractivity contribution in [1.29, 1.82) is 0 Å². The third kappa shape index (κ3) is 4.52. The summed E-state index contributed by atoms with van der Waals surface area (Å²) in [5, 5.41) is 0. The van der Waals surface area contributed by atoms with Gasteiger partial charge in [0.25, 0.3) is 0 Å². The van der Waals surface area contributed by atoms with Gasteiger partial charge in [-0.2, -0.15) is 0 Å². The molecule has 35 heavy (non-hydrogen) atoms. The van der Waals surface area contributed by atoms with Crippen molar-refractivity contribution >= 4 is 35.5 Å². The number of ether oxygens (including phenoxy) is 1. The summed E-state index contributed by atoms with van der Waals surface area (Å²) < 4.78 is 71.7. The molecule has 8 heteroatoms. The number of halogens is 4. The second-order valence-corrected chi connectivity index (χ2v) is 17.0. The van der Waals surface area contributed by atoms with E-state index < -0.39 is 59.3 Å². The normalized spacial score (nSPS) is 11.2. The average Bonchev–Trinajstić information content (AvgIpc) is 2.90. The van der Waals surface area contributed by atoms with Gasteiger partial charge in [-0.25, -0.2) is 0 Å². The first-order chi connectivity index (χ1) is 16.9. The van der Waals surface area contributed by atoms with E-state index in [1.165, 1.54) is 6.92 Å². The van der Waals surface area contributed by atoms with Crippen molar-refractivity contribution in [3.05, 3.63) is 120 Å². The molecular weight excluding hydrogens is 567 g/mol. The molecule has 4 aromatic carbocycles. The Labute approximate surface area is 204 Å². The van der Waals surface area contributed by atoms with Crippen LogP contribution in [0.1, 0.15) is 17.3 Å². The maximum atomic E-state index is 14.9. The van der Waals surface area contributed by atoms with Gasteiger partial charge < -0.3 is 0 Å². The predicted octanol–water partition coefficient (Wildman–Crippen LogP) is 4.47. The summed E-state index contributed by atoms with van der Waals surface area (Å²) in [6.07, 6.45) is 0. The molecule has 0 N–H and O–H groups in total. The van der Waals surface area contributed by atoms with Crippen LogP contribution in [-0.2, 0) is 3.07 Å². The average molecular weight is 587 g/mol. The summed E-state index contributed by atoms with van der Waals surface area (Å²) in [5.74, 6) is -10.0. The Balaban J connectivity index is 1.96. The van der Waals surface area contributed by atoms with Crippen LogP contribution < -0.4 is 15.5 Å². The van der Waals surface area contributed by atoms with Gasteiger partial charge in [0.15, 0.2) is 0 Å². The zero-order valence-electron chi connectivity index (χ0n) is 18.6.